The smallest absolute Gasteiger partial charge is 0.410 e. The summed E-state index contributed by atoms with van der Waals surface area (Å²) in [6.45, 7) is 4.18. The molecule has 278 valence electrons. The molecule has 0 saturated carbocycles. The third-order valence-corrected chi connectivity index (χ3v) is 8.99. The minimum Gasteiger partial charge on any atom is -0.449 e. The Morgan fingerprint density at radius 3 is 1.56 bits per heavy atom. The van der Waals surface area contributed by atoms with Gasteiger partial charge in [-0.05, 0) is 55.9 Å². The van der Waals surface area contributed by atoms with Crippen LogP contribution in [0.2, 0.25) is 0 Å². The summed E-state index contributed by atoms with van der Waals surface area (Å²) in [5, 5.41) is 11.8. The molecule has 4 aliphatic rings. The number of hydrogen-bond acceptors (Lipinski definition) is 9. The first kappa shape index (κ1) is 37.6. The van der Waals surface area contributed by atoms with Gasteiger partial charge < -0.3 is 45.9 Å². The molecule has 1 aliphatic carbocycles. The van der Waals surface area contributed by atoms with Gasteiger partial charge in [0.2, 0.25) is 29.5 Å². The van der Waals surface area contributed by atoms with Crippen molar-refractivity contribution in [2.75, 3.05) is 52.4 Å². The molecule has 2 atom stereocenters. The summed E-state index contributed by atoms with van der Waals surface area (Å²) < 4.78 is 10.9. The van der Waals surface area contributed by atoms with Crippen molar-refractivity contribution >= 4 is 41.7 Å². The number of alkyl carbamates (subject to hydrolysis) is 1. The molecule has 0 radical (unpaired) electrons. The van der Waals surface area contributed by atoms with Crippen molar-refractivity contribution in [2.24, 2.45) is 0 Å². The van der Waals surface area contributed by atoms with Gasteiger partial charge in [-0.2, -0.15) is 0 Å². The van der Waals surface area contributed by atoms with Crippen LogP contribution in [-0.4, -0.2) is 122 Å². The number of piperidine rings is 2. The van der Waals surface area contributed by atoms with Crippen LogP contribution in [0.3, 0.4) is 0 Å². The highest BCUT2D eigenvalue weighted by Crippen LogP contribution is 2.44. The van der Waals surface area contributed by atoms with Crippen LogP contribution in [0.1, 0.15) is 50.7 Å². The lowest BCUT2D eigenvalue weighted by Gasteiger charge is -2.51. The maximum atomic E-state index is 12.8. The number of amides is 7. The summed E-state index contributed by atoms with van der Waals surface area (Å²) in [5.74, 6) is -2.98. The molecule has 3 heterocycles. The molecule has 0 spiro atoms. The number of carbonyl (C=O) groups excluding carboxylic acids is 7. The van der Waals surface area contributed by atoms with Gasteiger partial charge >= 0.3 is 12.2 Å². The third kappa shape index (κ3) is 9.76. The molecule has 0 aromatic heterocycles. The molecule has 3 fully saturated rings. The Morgan fingerprint density at radius 1 is 0.635 bits per heavy atom. The van der Waals surface area contributed by atoms with Gasteiger partial charge in [0.25, 0.3) is 0 Å². The molecule has 7 amide bonds. The number of hydrogen-bond donors (Lipinski definition) is 5. The second-order valence-electron chi connectivity index (χ2n) is 13.8. The van der Waals surface area contributed by atoms with Crippen molar-refractivity contribution in [1.29, 1.82) is 0 Å². The lowest BCUT2D eigenvalue weighted by Crippen LogP contribution is -2.66. The number of ether oxygens (including phenoxy) is 2. The average molecular weight is 720 g/mol. The number of nitrogens with zero attached hydrogens (tertiary/aromatic N) is 2. The summed E-state index contributed by atoms with van der Waals surface area (Å²) in [5.41, 5.74) is 3.67. The van der Waals surface area contributed by atoms with E-state index in [1.165, 1.54) is 0 Å². The molecule has 1 unspecified atom stereocenters. The van der Waals surface area contributed by atoms with E-state index in [4.69, 9.17) is 9.47 Å². The highest BCUT2D eigenvalue weighted by atomic mass is 16.6. The SMILES string of the molecule is CC(C)(C)OC(=O)N1CC2CC[C@@H]1CN2C(=O)CNC(=O)CNC(=O)CNC(=O)CNC(=O)CNC(=O)OCC1c2ccccc2-c2ccccc21. The van der Waals surface area contributed by atoms with E-state index in [9.17, 15) is 33.6 Å². The summed E-state index contributed by atoms with van der Waals surface area (Å²) >= 11 is 0. The van der Waals surface area contributed by atoms with Gasteiger partial charge in [-0.1, -0.05) is 48.5 Å². The Hall–Kier alpha value is -5.67. The van der Waals surface area contributed by atoms with E-state index >= 15 is 0 Å². The molecule has 2 bridgehead atoms. The second-order valence-corrected chi connectivity index (χ2v) is 13.8. The second kappa shape index (κ2) is 16.6. The number of carbonyl (C=O) groups is 7. The zero-order valence-corrected chi connectivity index (χ0v) is 29.5. The summed E-state index contributed by atoms with van der Waals surface area (Å²) in [6, 6.07) is 15.5. The monoisotopic (exact) mass is 719 g/mol. The van der Waals surface area contributed by atoms with Crippen molar-refractivity contribution < 1.29 is 43.0 Å². The van der Waals surface area contributed by atoms with Crippen LogP contribution in [0.4, 0.5) is 9.59 Å². The number of benzene rings is 2. The van der Waals surface area contributed by atoms with Crippen LogP contribution in [0.15, 0.2) is 48.5 Å². The van der Waals surface area contributed by atoms with Crippen LogP contribution in [0.25, 0.3) is 11.1 Å². The first-order valence-electron chi connectivity index (χ1n) is 17.2. The quantitative estimate of drug-likeness (QED) is 0.208. The lowest BCUT2D eigenvalue weighted by molar-refractivity contribution is -0.141. The van der Waals surface area contributed by atoms with Crippen LogP contribution >= 0.6 is 0 Å². The highest BCUT2D eigenvalue weighted by molar-refractivity contribution is 5.91. The van der Waals surface area contributed by atoms with Crippen molar-refractivity contribution in [2.45, 2.75) is 57.2 Å². The predicted molar refractivity (Wildman–Crippen MR) is 187 cm³/mol. The zero-order valence-electron chi connectivity index (χ0n) is 29.5. The molecular weight excluding hydrogens is 674 g/mol. The van der Waals surface area contributed by atoms with Crippen LogP contribution < -0.4 is 26.6 Å². The number of nitrogens with one attached hydrogen (secondary N) is 5. The van der Waals surface area contributed by atoms with E-state index in [2.05, 4.69) is 26.6 Å². The maximum absolute atomic E-state index is 12.8. The van der Waals surface area contributed by atoms with E-state index in [-0.39, 0.29) is 37.1 Å². The average Bonchev–Trinajstić information content (AvgIpc) is 3.45. The van der Waals surface area contributed by atoms with Crippen LogP contribution in [-0.2, 0) is 33.4 Å². The number of fused-ring (bicyclic) bond motifs is 6. The topological polar surface area (TPSA) is 205 Å². The molecule has 16 heteroatoms. The van der Waals surface area contributed by atoms with E-state index in [1.807, 2.05) is 48.5 Å². The van der Waals surface area contributed by atoms with Gasteiger partial charge in [-0.3, -0.25) is 24.0 Å². The third-order valence-electron chi connectivity index (χ3n) is 8.99. The molecule has 2 aromatic carbocycles. The Labute approximate surface area is 301 Å². The van der Waals surface area contributed by atoms with Crippen molar-refractivity contribution in [1.82, 2.24) is 36.4 Å². The Bertz CT molecular complexity index is 1660. The fourth-order valence-corrected chi connectivity index (χ4v) is 6.54. The molecule has 3 saturated heterocycles. The Morgan fingerprint density at radius 2 is 1.08 bits per heavy atom. The normalized spacial score (nSPS) is 17.3. The largest absolute Gasteiger partial charge is 0.449 e. The molecule has 6 rings (SSSR count). The fourth-order valence-electron chi connectivity index (χ4n) is 6.54. The lowest BCUT2D eigenvalue weighted by atomic mass is 9.91. The van der Waals surface area contributed by atoms with Gasteiger partial charge in [0.1, 0.15) is 18.8 Å². The van der Waals surface area contributed by atoms with Crippen LogP contribution in [0, 0.1) is 0 Å². The van der Waals surface area contributed by atoms with Crippen molar-refractivity contribution in [3.05, 3.63) is 59.7 Å². The van der Waals surface area contributed by atoms with Crippen LogP contribution in [0.5, 0.6) is 0 Å². The van der Waals surface area contributed by atoms with E-state index in [0.717, 1.165) is 35.1 Å². The van der Waals surface area contributed by atoms with Gasteiger partial charge in [-0.15, -0.1) is 0 Å². The standard InChI is InChI=1S/C36H45N7O9/c1-36(2,3)52-35(50)43-20-22-12-13-23(43)19-42(22)33(48)18-40-31(46)16-38-29(44)14-37-30(45)15-39-32(47)17-41-34(49)51-21-28-26-10-6-4-8-24(26)25-9-5-7-11-27(25)28/h4-11,22-23,28H,12-21H2,1-3H3,(H,37,45)(H,38,44)(H,39,47)(H,40,46)(H,41,49)/t22?,23-/m1/s1. The zero-order chi connectivity index (χ0) is 37.4. The highest BCUT2D eigenvalue weighted by Gasteiger charge is 2.44. The molecule has 52 heavy (non-hydrogen) atoms. The molecule has 2 aromatic rings. The first-order chi connectivity index (χ1) is 24.8. The molecule has 5 N–H and O–H groups in total. The predicted octanol–water partition coefficient (Wildman–Crippen LogP) is 0.600. The van der Waals surface area contributed by atoms with E-state index in [0.29, 0.717) is 13.1 Å². The first-order valence-corrected chi connectivity index (χ1v) is 17.2. The van der Waals surface area contributed by atoms with Gasteiger partial charge in [0.05, 0.1) is 32.2 Å². The summed E-state index contributed by atoms with van der Waals surface area (Å²) in [7, 11) is 0. The van der Waals surface area contributed by atoms with Gasteiger partial charge in [0.15, 0.2) is 0 Å². The van der Waals surface area contributed by atoms with Crippen molar-refractivity contribution in [3.63, 3.8) is 0 Å². The van der Waals surface area contributed by atoms with Crippen molar-refractivity contribution in [3.8, 4) is 11.1 Å². The Kier molecular flexibility index (Phi) is 12.0. The summed E-state index contributed by atoms with van der Waals surface area (Å²) in [6.07, 6.45) is 0.319. The molecule has 16 nitrogen and oxygen atoms in total. The molecule has 3 aliphatic heterocycles. The Balaban J connectivity index is 0.910. The maximum Gasteiger partial charge on any atom is 0.410 e. The summed E-state index contributed by atoms with van der Waals surface area (Å²) in [4.78, 5) is 89.7. The fraction of sp³-hybridized carbons (Fsp3) is 0.472. The van der Waals surface area contributed by atoms with Gasteiger partial charge in [-0.25, -0.2) is 9.59 Å². The van der Waals surface area contributed by atoms with E-state index in [1.54, 1.807) is 30.6 Å². The number of piperazine rings is 1. The van der Waals surface area contributed by atoms with Gasteiger partial charge in [0, 0.05) is 25.0 Å². The minimum atomic E-state index is -0.781. The number of rotatable bonds is 12. The molecular formula is C36H45N7O9. The minimum absolute atomic E-state index is 0.0861. The van der Waals surface area contributed by atoms with E-state index < -0.39 is 67.6 Å².